The highest BCUT2D eigenvalue weighted by molar-refractivity contribution is 5.85. The lowest BCUT2D eigenvalue weighted by molar-refractivity contribution is -0.131. The molecule has 3 rings (SSSR count). The van der Waals surface area contributed by atoms with Crippen LogP contribution in [0.1, 0.15) is 46.5 Å². The lowest BCUT2D eigenvalue weighted by Gasteiger charge is -2.35. The maximum Gasteiger partial charge on any atom is 0.224 e. The number of hydrogen-bond donors (Lipinski definition) is 2. The van der Waals surface area contributed by atoms with Crippen molar-refractivity contribution in [2.45, 2.75) is 70.1 Å². The molecule has 1 aliphatic carbocycles. The maximum absolute atomic E-state index is 12.2. The number of ether oxygens (including phenoxy) is 1. The van der Waals surface area contributed by atoms with Crippen LogP contribution in [-0.2, 0) is 9.53 Å². The summed E-state index contributed by atoms with van der Waals surface area (Å²) in [7, 11) is 0. The highest BCUT2D eigenvalue weighted by Crippen LogP contribution is 2.31. The number of rotatable bonds is 3. The zero-order chi connectivity index (χ0) is 15.7. The van der Waals surface area contributed by atoms with Crippen LogP contribution >= 0.6 is 12.4 Å². The molecule has 2 N–H and O–H groups in total. The highest BCUT2D eigenvalue weighted by Gasteiger charge is 2.40. The molecule has 3 fully saturated rings. The van der Waals surface area contributed by atoms with E-state index >= 15 is 0 Å². The van der Waals surface area contributed by atoms with E-state index in [9.17, 15) is 4.79 Å². The number of hydrogen-bond acceptors (Lipinski definition) is 4. The lowest BCUT2D eigenvalue weighted by Crippen LogP contribution is -2.53. The van der Waals surface area contributed by atoms with Crippen LogP contribution in [0, 0.1) is 5.92 Å². The van der Waals surface area contributed by atoms with Gasteiger partial charge in [-0.25, -0.2) is 0 Å². The molecule has 0 spiro atoms. The number of carbonyl (C=O) groups is 1. The first-order chi connectivity index (χ1) is 10.4. The molecule has 6 heteroatoms. The Morgan fingerprint density at radius 1 is 1.30 bits per heavy atom. The van der Waals surface area contributed by atoms with Crippen LogP contribution in [0.5, 0.6) is 0 Å². The molecule has 2 aliphatic heterocycles. The second kappa shape index (κ2) is 7.68. The van der Waals surface area contributed by atoms with Crippen LogP contribution in [0.3, 0.4) is 0 Å². The minimum Gasteiger partial charge on any atom is -0.379 e. The summed E-state index contributed by atoms with van der Waals surface area (Å²) in [5.74, 6) is 0.928. The quantitative estimate of drug-likeness (QED) is 0.815. The van der Waals surface area contributed by atoms with Gasteiger partial charge >= 0.3 is 0 Å². The molecule has 134 valence electrons. The van der Waals surface area contributed by atoms with E-state index in [0.717, 1.165) is 26.3 Å². The van der Waals surface area contributed by atoms with E-state index in [1.54, 1.807) is 0 Å². The van der Waals surface area contributed by atoms with Gasteiger partial charge in [-0.3, -0.25) is 4.79 Å². The van der Waals surface area contributed by atoms with Crippen LogP contribution in [-0.4, -0.2) is 60.8 Å². The van der Waals surface area contributed by atoms with Crippen molar-refractivity contribution in [1.29, 1.82) is 0 Å². The Bertz CT molecular complexity index is 407. The second-order valence-electron chi connectivity index (χ2n) is 8.08. The zero-order valence-electron chi connectivity index (χ0n) is 14.6. The first-order valence-electron chi connectivity index (χ1n) is 8.83. The molecule has 23 heavy (non-hydrogen) atoms. The fraction of sp³-hybridized carbons (Fsp3) is 0.941. The third-order valence-electron chi connectivity index (χ3n) is 5.42. The van der Waals surface area contributed by atoms with Gasteiger partial charge in [0.05, 0.1) is 13.2 Å². The highest BCUT2D eigenvalue weighted by atomic mass is 35.5. The first kappa shape index (κ1) is 19.0. The van der Waals surface area contributed by atoms with Crippen molar-refractivity contribution in [3.8, 4) is 0 Å². The summed E-state index contributed by atoms with van der Waals surface area (Å²) in [6.45, 7) is 9.84. The SMILES string of the molecule is CC(C)(C)N1CC(NC2CCCC2C2COCCN2)CC1=O.Cl. The lowest BCUT2D eigenvalue weighted by atomic mass is 9.93. The topological polar surface area (TPSA) is 53.6 Å². The van der Waals surface area contributed by atoms with E-state index in [4.69, 9.17) is 4.74 Å². The van der Waals surface area contributed by atoms with Gasteiger partial charge in [0.1, 0.15) is 0 Å². The first-order valence-corrected chi connectivity index (χ1v) is 8.83. The largest absolute Gasteiger partial charge is 0.379 e. The van der Waals surface area contributed by atoms with Gasteiger partial charge in [-0.15, -0.1) is 12.4 Å². The molecule has 2 heterocycles. The van der Waals surface area contributed by atoms with Gasteiger partial charge in [0.2, 0.25) is 5.91 Å². The second-order valence-corrected chi connectivity index (χ2v) is 8.08. The molecule has 0 aromatic carbocycles. The van der Waals surface area contributed by atoms with E-state index in [1.165, 1.54) is 19.3 Å². The third-order valence-corrected chi connectivity index (χ3v) is 5.42. The predicted octanol–water partition coefficient (Wildman–Crippen LogP) is 1.55. The van der Waals surface area contributed by atoms with Crippen LogP contribution < -0.4 is 10.6 Å². The maximum atomic E-state index is 12.2. The molecule has 0 aromatic heterocycles. The summed E-state index contributed by atoms with van der Waals surface area (Å²) in [5.41, 5.74) is -0.0681. The van der Waals surface area contributed by atoms with Crippen LogP contribution in [0.2, 0.25) is 0 Å². The van der Waals surface area contributed by atoms with E-state index in [2.05, 4.69) is 31.4 Å². The summed E-state index contributed by atoms with van der Waals surface area (Å²) in [6.07, 6.45) is 4.42. The Morgan fingerprint density at radius 3 is 2.70 bits per heavy atom. The summed E-state index contributed by atoms with van der Waals surface area (Å²) >= 11 is 0. The van der Waals surface area contributed by atoms with Crippen LogP contribution in [0.15, 0.2) is 0 Å². The van der Waals surface area contributed by atoms with E-state index in [-0.39, 0.29) is 17.9 Å². The smallest absolute Gasteiger partial charge is 0.224 e. The van der Waals surface area contributed by atoms with Gasteiger partial charge in [-0.1, -0.05) is 6.42 Å². The summed E-state index contributed by atoms with van der Waals surface area (Å²) in [5, 5.41) is 7.41. The van der Waals surface area contributed by atoms with Crippen molar-refractivity contribution >= 4 is 18.3 Å². The summed E-state index contributed by atoms with van der Waals surface area (Å²) in [6, 6.07) is 1.31. The van der Waals surface area contributed by atoms with Crippen molar-refractivity contribution < 1.29 is 9.53 Å². The van der Waals surface area contributed by atoms with Gasteiger partial charge in [-0.2, -0.15) is 0 Å². The molecule has 0 aromatic rings. The number of carbonyl (C=O) groups excluding carboxylic acids is 1. The summed E-state index contributed by atoms with van der Waals surface area (Å²) < 4.78 is 5.64. The molecule has 5 nitrogen and oxygen atoms in total. The minimum atomic E-state index is -0.0681. The minimum absolute atomic E-state index is 0. The number of amides is 1. The number of likely N-dealkylation sites (tertiary alicyclic amines) is 1. The molecular weight excluding hydrogens is 314 g/mol. The van der Waals surface area contributed by atoms with Gasteiger partial charge < -0.3 is 20.3 Å². The Hall–Kier alpha value is -0.360. The predicted molar refractivity (Wildman–Crippen MR) is 94.0 cm³/mol. The monoisotopic (exact) mass is 345 g/mol. The van der Waals surface area contributed by atoms with Crippen LogP contribution in [0.4, 0.5) is 0 Å². The van der Waals surface area contributed by atoms with Crippen molar-refractivity contribution in [3.63, 3.8) is 0 Å². The van der Waals surface area contributed by atoms with Crippen LogP contribution in [0.25, 0.3) is 0 Å². The number of morpholine rings is 1. The molecule has 1 saturated carbocycles. The Balaban J connectivity index is 0.00000192. The molecule has 0 bridgehead atoms. The molecule has 0 radical (unpaired) electrons. The van der Waals surface area contributed by atoms with E-state index < -0.39 is 0 Å². The Kier molecular flexibility index (Phi) is 6.34. The third kappa shape index (κ3) is 4.38. The normalized spacial score (nSPS) is 35.4. The van der Waals surface area contributed by atoms with Crippen molar-refractivity contribution in [2.24, 2.45) is 5.92 Å². The average Bonchev–Trinajstić information content (AvgIpc) is 3.06. The zero-order valence-corrected chi connectivity index (χ0v) is 15.5. The standard InChI is InChI=1S/C17H31N3O2.ClH/c1-17(2,3)20-10-12(9-16(20)21)19-14-6-4-5-13(14)15-11-22-8-7-18-15;/h12-15,18-19H,4-11H2,1-3H3;1H. The van der Waals surface area contributed by atoms with Gasteiger partial charge in [0.25, 0.3) is 0 Å². The molecular formula is C17H32ClN3O2. The van der Waals surface area contributed by atoms with Gasteiger partial charge in [-0.05, 0) is 39.5 Å². The molecule has 1 amide bonds. The number of nitrogens with zero attached hydrogens (tertiary/aromatic N) is 1. The van der Waals surface area contributed by atoms with E-state index in [0.29, 0.717) is 36.4 Å². The van der Waals surface area contributed by atoms with Crippen molar-refractivity contribution in [3.05, 3.63) is 0 Å². The Labute approximate surface area is 146 Å². The van der Waals surface area contributed by atoms with Crippen molar-refractivity contribution in [2.75, 3.05) is 26.3 Å². The molecule has 4 atom stereocenters. The van der Waals surface area contributed by atoms with Gasteiger partial charge in [0.15, 0.2) is 0 Å². The molecule has 4 unspecified atom stereocenters. The fourth-order valence-electron chi connectivity index (χ4n) is 4.31. The fourth-order valence-corrected chi connectivity index (χ4v) is 4.31. The number of halogens is 1. The van der Waals surface area contributed by atoms with Gasteiger partial charge in [0, 0.05) is 43.2 Å². The molecule has 3 aliphatic rings. The van der Waals surface area contributed by atoms with Crippen molar-refractivity contribution in [1.82, 2.24) is 15.5 Å². The Morgan fingerprint density at radius 2 is 2.09 bits per heavy atom. The summed E-state index contributed by atoms with van der Waals surface area (Å²) in [4.78, 5) is 14.3. The number of nitrogens with one attached hydrogen (secondary N) is 2. The molecule has 2 saturated heterocycles. The van der Waals surface area contributed by atoms with E-state index in [1.807, 2.05) is 4.90 Å². The average molecular weight is 346 g/mol.